The second-order valence-electron chi connectivity index (χ2n) is 7.09. The maximum Gasteiger partial charge on any atom is 0.416 e. The highest BCUT2D eigenvalue weighted by molar-refractivity contribution is 7.99. The summed E-state index contributed by atoms with van der Waals surface area (Å²) >= 11 is 1.44. The second kappa shape index (κ2) is 10.3. The molecule has 0 aliphatic carbocycles. The maximum absolute atomic E-state index is 13.7. The molecular formula is C24H22F5NS. The van der Waals surface area contributed by atoms with Gasteiger partial charge in [0.05, 0.1) is 10.8 Å². The van der Waals surface area contributed by atoms with E-state index in [0.717, 1.165) is 11.1 Å². The predicted octanol–water partition coefficient (Wildman–Crippen LogP) is 6.55. The molecule has 1 nitrogen and oxygen atoms in total. The normalized spacial score (nSPS) is 11.8. The van der Waals surface area contributed by atoms with Gasteiger partial charge in [-0.1, -0.05) is 42.5 Å². The molecule has 0 fully saturated rings. The molecular weight excluding hydrogens is 429 g/mol. The fourth-order valence-corrected chi connectivity index (χ4v) is 4.81. The van der Waals surface area contributed by atoms with E-state index < -0.39 is 11.7 Å². The molecule has 0 bridgehead atoms. The predicted molar refractivity (Wildman–Crippen MR) is 115 cm³/mol. The van der Waals surface area contributed by atoms with Crippen molar-refractivity contribution in [3.63, 3.8) is 0 Å². The van der Waals surface area contributed by atoms with Gasteiger partial charge in [0.2, 0.25) is 0 Å². The number of halogens is 5. The lowest BCUT2D eigenvalue weighted by Gasteiger charge is -2.20. The Labute approximate surface area is 182 Å². The van der Waals surface area contributed by atoms with Gasteiger partial charge in [-0.15, -0.1) is 11.8 Å². The monoisotopic (exact) mass is 451 g/mol. The Morgan fingerprint density at radius 3 is 1.68 bits per heavy atom. The molecule has 0 aromatic heterocycles. The van der Waals surface area contributed by atoms with Crippen LogP contribution in [0.15, 0.2) is 66.7 Å². The summed E-state index contributed by atoms with van der Waals surface area (Å²) in [6.07, 6.45) is -4.10. The van der Waals surface area contributed by atoms with Crippen molar-refractivity contribution >= 4 is 11.8 Å². The number of thioether (sulfide) groups is 1. The van der Waals surface area contributed by atoms with Crippen LogP contribution in [0.5, 0.6) is 0 Å². The van der Waals surface area contributed by atoms with Crippen molar-refractivity contribution < 1.29 is 22.0 Å². The Morgan fingerprint density at radius 1 is 0.742 bits per heavy atom. The molecule has 0 saturated heterocycles. The Morgan fingerprint density at radius 2 is 1.23 bits per heavy atom. The number of aryl methyl sites for hydroxylation is 1. The van der Waals surface area contributed by atoms with Gasteiger partial charge in [0.1, 0.15) is 11.6 Å². The molecule has 0 saturated carbocycles. The largest absolute Gasteiger partial charge is 0.416 e. The van der Waals surface area contributed by atoms with Gasteiger partial charge >= 0.3 is 6.18 Å². The van der Waals surface area contributed by atoms with Gasteiger partial charge in [0, 0.05) is 0 Å². The average molecular weight is 452 g/mol. The van der Waals surface area contributed by atoms with Crippen molar-refractivity contribution in [2.45, 2.75) is 24.3 Å². The van der Waals surface area contributed by atoms with E-state index in [4.69, 9.17) is 5.73 Å². The van der Waals surface area contributed by atoms with E-state index in [9.17, 15) is 22.0 Å². The summed E-state index contributed by atoms with van der Waals surface area (Å²) < 4.78 is 67.8. The first kappa shape index (κ1) is 23.3. The molecule has 31 heavy (non-hydrogen) atoms. The molecule has 164 valence electrons. The van der Waals surface area contributed by atoms with E-state index in [0.29, 0.717) is 5.75 Å². The standard InChI is InChI=1S/C24H22F5NS/c25-20-8-4-18(5-9-20)23(19-6-10-21(26)11-7-19)31-15-13-17-3-1-2-16(12-14-30)22(17)24(27,28)29/h1-11,23H,12-15,30H2. The van der Waals surface area contributed by atoms with Gasteiger partial charge in [-0.2, -0.15) is 13.2 Å². The molecule has 0 amide bonds. The Balaban J connectivity index is 1.84. The van der Waals surface area contributed by atoms with E-state index in [1.54, 1.807) is 30.3 Å². The third-order valence-corrected chi connectivity index (χ3v) is 6.25. The van der Waals surface area contributed by atoms with Crippen LogP contribution in [0.2, 0.25) is 0 Å². The lowest BCUT2D eigenvalue weighted by molar-refractivity contribution is -0.138. The smallest absolute Gasteiger partial charge is 0.330 e. The molecule has 0 aliphatic heterocycles. The summed E-state index contributed by atoms with van der Waals surface area (Å²) in [7, 11) is 0. The lowest BCUT2D eigenvalue weighted by atomic mass is 9.97. The molecule has 0 atom stereocenters. The minimum atomic E-state index is -4.46. The summed E-state index contributed by atoms with van der Waals surface area (Å²) in [5, 5.41) is -0.261. The summed E-state index contributed by atoms with van der Waals surface area (Å²) in [6, 6.07) is 16.5. The first-order valence-corrected chi connectivity index (χ1v) is 10.8. The molecule has 3 aromatic carbocycles. The molecule has 0 heterocycles. The average Bonchev–Trinajstić information content (AvgIpc) is 2.72. The summed E-state index contributed by atoms with van der Waals surface area (Å²) in [4.78, 5) is 0. The molecule has 3 rings (SSSR count). The number of hydrogen-bond acceptors (Lipinski definition) is 2. The van der Waals surface area contributed by atoms with Crippen molar-refractivity contribution in [3.05, 3.63) is 106 Å². The van der Waals surface area contributed by atoms with Gasteiger partial charge in [0.25, 0.3) is 0 Å². The van der Waals surface area contributed by atoms with Crippen molar-refractivity contribution in [1.29, 1.82) is 0 Å². The van der Waals surface area contributed by atoms with Gasteiger partial charge < -0.3 is 5.73 Å². The first-order valence-electron chi connectivity index (χ1n) is 9.80. The highest BCUT2D eigenvalue weighted by atomic mass is 32.2. The molecule has 7 heteroatoms. The zero-order chi connectivity index (χ0) is 22.4. The molecule has 2 N–H and O–H groups in total. The Kier molecular flexibility index (Phi) is 7.73. The number of alkyl halides is 3. The summed E-state index contributed by atoms with van der Waals surface area (Å²) in [6.45, 7) is 0.137. The lowest BCUT2D eigenvalue weighted by Crippen LogP contribution is -2.16. The fourth-order valence-electron chi connectivity index (χ4n) is 3.54. The van der Waals surface area contributed by atoms with Crippen LogP contribution in [0.3, 0.4) is 0 Å². The Hall–Kier alpha value is -2.38. The van der Waals surface area contributed by atoms with Crippen LogP contribution < -0.4 is 5.73 Å². The van der Waals surface area contributed by atoms with Gasteiger partial charge in [-0.25, -0.2) is 8.78 Å². The topological polar surface area (TPSA) is 26.0 Å². The van der Waals surface area contributed by atoms with Crippen LogP contribution >= 0.6 is 11.8 Å². The zero-order valence-electron chi connectivity index (χ0n) is 16.6. The van der Waals surface area contributed by atoms with Crippen LogP contribution in [0.4, 0.5) is 22.0 Å². The quantitative estimate of drug-likeness (QED) is 0.393. The fraction of sp³-hybridized carbons (Fsp3) is 0.250. The van der Waals surface area contributed by atoms with E-state index in [1.807, 2.05) is 0 Å². The molecule has 0 radical (unpaired) electrons. The number of nitrogens with two attached hydrogens (primary N) is 1. The molecule has 3 aromatic rings. The molecule has 0 unspecified atom stereocenters. The number of hydrogen-bond donors (Lipinski definition) is 1. The summed E-state index contributed by atoms with van der Waals surface area (Å²) in [5.41, 5.74) is 6.90. The third-order valence-electron chi connectivity index (χ3n) is 4.94. The highest BCUT2D eigenvalue weighted by Gasteiger charge is 2.35. The third kappa shape index (κ3) is 6.08. The number of benzene rings is 3. The van der Waals surface area contributed by atoms with E-state index in [-0.39, 0.29) is 47.4 Å². The van der Waals surface area contributed by atoms with Gasteiger partial charge in [-0.05, 0) is 71.7 Å². The van der Waals surface area contributed by atoms with Crippen molar-refractivity contribution in [1.82, 2.24) is 0 Å². The number of rotatable bonds is 8. The van der Waals surface area contributed by atoms with Gasteiger partial charge in [-0.3, -0.25) is 0 Å². The van der Waals surface area contributed by atoms with Crippen LogP contribution in [0.1, 0.15) is 33.1 Å². The van der Waals surface area contributed by atoms with E-state index in [1.165, 1.54) is 48.2 Å². The van der Waals surface area contributed by atoms with Gasteiger partial charge in [0.15, 0.2) is 0 Å². The first-order chi connectivity index (χ1) is 14.8. The minimum Gasteiger partial charge on any atom is -0.330 e. The minimum absolute atomic E-state index is 0.137. The molecule has 0 aliphatic rings. The van der Waals surface area contributed by atoms with Crippen LogP contribution in [0, 0.1) is 11.6 Å². The van der Waals surface area contributed by atoms with Crippen LogP contribution in [0.25, 0.3) is 0 Å². The van der Waals surface area contributed by atoms with Crippen LogP contribution in [-0.2, 0) is 19.0 Å². The van der Waals surface area contributed by atoms with Crippen molar-refractivity contribution in [2.75, 3.05) is 12.3 Å². The zero-order valence-corrected chi connectivity index (χ0v) is 17.4. The van der Waals surface area contributed by atoms with E-state index >= 15 is 0 Å². The second-order valence-corrected chi connectivity index (χ2v) is 8.30. The van der Waals surface area contributed by atoms with E-state index in [2.05, 4.69) is 0 Å². The van der Waals surface area contributed by atoms with Crippen molar-refractivity contribution in [2.24, 2.45) is 5.73 Å². The SMILES string of the molecule is NCCc1cccc(CCSC(c2ccc(F)cc2)c2ccc(F)cc2)c1C(F)(F)F. The highest BCUT2D eigenvalue weighted by Crippen LogP contribution is 2.39. The summed E-state index contributed by atoms with van der Waals surface area (Å²) in [5.74, 6) is -0.356. The van der Waals surface area contributed by atoms with Crippen LogP contribution in [-0.4, -0.2) is 12.3 Å². The maximum atomic E-state index is 13.7. The molecule has 0 spiro atoms. The Bertz CT molecular complexity index is 939. The van der Waals surface area contributed by atoms with Crippen molar-refractivity contribution in [3.8, 4) is 0 Å².